The SMILES string of the molecule is COC[C@@H]1CCCCN(Cc2ncnn2CCF)C1. The van der Waals surface area contributed by atoms with Crippen LogP contribution in [-0.2, 0) is 17.8 Å². The molecule has 0 N–H and O–H groups in total. The molecule has 1 fully saturated rings. The van der Waals surface area contributed by atoms with Crippen molar-refractivity contribution in [2.24, 2.45) is 5.92 Å². The second-order valence-corrected chi connectivity index (χ2v) is 5.14. The van der Waals surface area contributed by atoms with E-state index in [2.05, 4.69) is 15.0 Å². The van der Waals surface area contributed by atoms with Crippen LogP contribution in [-0.4, -0.2) is 53.1 Å². The van der Waals surface area contributed by atoms with Crippen LogP contribution in [0.2, 0.25) is 0 Å². The second kappa shape index (κ2) is 7.55. The van der Waals surface area contributed by atoms with Crippen molar-refractivity contribution in [1.29, 1.82) is 0 Å². The molecule has 108 valence electrons. The van der Waals surface area contributed by atoms with Gasteiger partial charge in [-0.25, -0.2) is 14.1 Å². The number of methoxy groups -OCH3 is 1. The van der Waals surface area contributed by atoms with E-state index in [1.165, 1.54) is 25.6 Å². The van der Waals surface area contributed by atoms with Gasteiger partial charge in [-0.1, -0.05) is 6.42 Å². The molecular weight excluding hydrogens is 247 g/mol. The Hall–Kier alpha value is -1.01. The van der Waals surface area contributed by atoms with Gasteiger partial charge in [0.15, 0.2) is 0 Å². The molecule has 0 unspecified atom stereocenters. The molecule has 2 rings (SSSR count). The highest BCUT2D eigenvalue weighted by molar-refractivity contribution is 4.86. The Bertz CT molecular complexity index is 371. The minimum atomic E-state index is -0.400. The molecule has 0 bridgehead atoms. The zero-order chi connectivity index (χ0) is 13.5. The summed E-state index contributed by atoms with van der Waals surface area (Å²) in [5, 5.41) is 4.06. The first-order chi connectivity index (χ1) is 9.33. The molecule has 5 nitrogen and oxygen atoms in total. The summed E-state index contributed by atoms with van der Waals surface area (Å²) in [5.74, 6) is 1.45. The lowest BCUT2D eigenvalue weighted by Crippen LogP contribution is -2.31. The van der Waals surface area contributed by atoms with E-state index >= 15 is 0 Å². The van der Waals surface area contributed by atoms with E-state index in [1.807, 2.05) is 0 Å². The Morgan fingerprint density at radius 1 is 1.47 bits per heavy atom. The van der Waals surface area contributed by atoms with Crippen molar-refractivity contribution in [1.82, 2.24) is 19.7 Å². The number of halogens is 1. The van der Waals surface area contributed by atoms with Crippen LogP contribution in [0.3, 0.4) is 0 Å². The Labute approximate surface area is 113 Å². The number of ether oxygens (including phenoxy) is 1. The maximum Gasteiger partial charge on any atom is 0.141 e. The summed E-state index contributed by atoms with van der Waals surface area (Å²) in [6, 6.07) is 0. The Morgan fingerprint density at radius 2 is 2.37 bits per heavy atom. The fourth-order valence-electron chi connectivity index (χ4n) is 2.71. The lowest BCUT2D eigenvalue weighted by molar-refractivity contribution is 0.122. The maximum absolute atomic E-state index is 12.4. The molecule has 1 aromatic rings. The highest BCUT2D eigenvalue weighted by Gasteiger charge is 2.19. The van der Waals surface area contributed by atoms with Crippen LogP contribution in [0.15, 0.2) is 6.33 Å². The summed E-state index contributed by atoms with van der Waals surface area (Å²) in [6.07, 6.45) is 5.19. The van der Waals surface area contributed by atoms with Crippen molar-refractivity contribution in [2.75, 3.05) is 33.5 Å². The number of likely N-dealkylation sites (tertiary alicyclic amines) is 1. The van der Waals surface area contributed by atoms with Crippen molar-refractivity contribution in [3.63, 3.8) is 0 Å². The van der Waals surface area contributed by atoms with Gasteiger partial charge >= 0.3 is 0 Å². The molecule has 6 heteroatoms. The molecule has 0 saturated carbocycles. The quantitative estimate of drug-likeness (QED) is 0.785. The van der Waals surface area contributed by atoms with E-state index in [4.69, 9.17) is 4.74 Å². The second-order valence-electron chi connectivity index (χ2n) is 5.14. The standard InChI is InChI=1S/C13H23FN4O/c1-19-10-12-4-2-3-6-17(8-12)9-13-15-11-16-18(13)7-5-14/h11-12H,2-10H2,1H3/t12-/m1/s1. The molecule has 1 atom stereocenters. The highest BCUT2D eigenvalue weighted by Crippen LogP contribution is 2.18. The molecule has 0 aliphatic carbocycles. The molecular formula is C13H23FN4O. The Balaban J connectivity index is 1.94. The molecule has 1 aliphatic heterocycles. The van der Waals surface area contributed by atoms with Crippen LogP contribution < -0.4 is 0 Å². The zero-order valence-electron chi connectivity index (χ0n) is 11.6. The number of hydrogen-bond acceptors (Lipinski definition) is 4. The molecule has 0 amide bonds. The predicted molar refractivity (Wildman–Crippen MR) is 70.5 cm³/mol. The smallest absolute Gasteiger partial charge is 0.141 e. The average molecular weight is 270 g/mol. The first-order valence-corrected chi connectivity index (χ1v) is 6.97. The normalized spacial score (nSPS) is 21.5. The van der Waals surface area contributed by atoms with Gasteiger partial charge in [-0.2, -0.15) is 5.10 Å². The third-order valence-electron chi connectivity index (χ3n) is 3.61. The largest absolute Gasteiger partial charge is 0.384 e. The van der Waals surface area contributed by atoms with Gasteiger partial charge in [-0.3, -0.25) is 4.90 Å². The minimum absolute atomic E-state index is 0.296. The van der Waals surface area contributed by atoms with Crippen LogP contribution in [0.1, 0.15) is 25.1 Å². The van der Waals surface area contributed by atoms with Crippen molar-refractivity contribution in [3.8, 4) is 0 Å². The summed E-state index contributed by atoms with van der Waals surface area (Å²) >= 11 is 0. The summed E-state index contributed by atoms with van der Waals surface area (Å²) < 4.78 is 19.4. The van der Waals surface area contributed by atoms with Crippen LogP contribution in [0.5, 0.6) is 0 Å². The maximum atomic E-state index is 12.4. The van der Waals surface area contributed by atoms with Crippen LogP contribution >= 0.6 is 0 Å². The Morgan fingerprint density at radius 3 is 3.16 bits per heavy atom. The first kappa shape index (κ1) is 14.4. The molecule has 19 heavy (non-hydrogen) atoms. The molecule has 0 radical (unpaired) electrons. The van der Waals surface area contributed by atoms with Crippen molar-refractivity contribution >= 4 is 0 Å². The van der Waals surface area contributed by atoms with E-state index < -0.39 is 6.67 Å². The van der Waals surface area contributed by atoms with E-state index in [1.54, 1.807) is 11.8 Å². The lowest BCUT2D eigenvalue weighted by Gasteiger charge is -2.23. The summed E-state index contributed by atoms with van der Waals surface area (Å²) in [4.78, 5) is 6.63. The van der Waals surface area contributed by atoms with Gasteiger partial charge in [0.25, 0.3) is 0 Å². The monoisotopic (exact) mass is 270 g/mol. The van der Waals surface area contributed by atoms with E-state index in [-0.39, 0.29) is 0 Å². The van der Waals surface area contributed by atoms with Crippen molar-refractivity contribution in [3.05, 3.63) is 12.2 Å². The van der Waals surface area contributed by atoms with Gasteiger partial charge in [0.1, 0.15) is 18.8 Å². The lowest BCUT2D eigenvalue weighted by atomic mass is 10.0. The number of rotatable bonds is 6. The molecule has 0 aromatic carbocycles. The number of aromatic nitrogens is 3. The van der Waals surface area contributed by atoms with E-state index in [0.717, 1.165) is 32.1 Å². The van der Waals surface area contributed by atoms with Crippen LogP contribution in [0.4, 0.5) is 4.39 Å². The van der Waals surface area contributed by atoms with Crippen molar-refractivity contribution in [2.45, 2.75) is 32.4 Å². The number of nitrogens with zero attached hydrogens (tertiary/aromatic N) is 4. The van der Waals surface area contributed by atoms with Gasteiger partial charge in [-0.05, 0) is 25.3 Å². The minimum Gasteiger partial charge on any atom is -0.384 e. The fourth-order valence-corrected chi connectivity index (χ4v) is 2.71. The van der Waals surface area contributed by atoms with Gasteiger partial charge in [-0.15, -0.1) is 0 Å². The summed E-state index contributed by atoms with van der Waals surface area (Å²) in [5.41, 5.74) is 0. The van der Waals surface area contributed by atoms with Crippen LogP contribution in [0.25, 0.3) is 0 Å². The number of aryl methyl sites for hydroxylation is 1. The van der Waals surface area contributed by atoms with Crippen LogP contribution in [0, 0.1) is 5.92 Å². The van der Waals surface area contributed by atoms with Gasteiger partial charge < -0.3 is 4.74 Å². The first-order valence-electron chi connectivity index (χ1n) is 6.97. The van der Waals surface area contributed by atoms with Gasteiger partial charge in [0, 0.05) is 13.7 Å². The molecule has 2 heterocycles. The number of hydrogen-bond donors (Lipinski definition) is 0. The van der Waals surface area contributed by atoms with Crippen molar-refractivity contribution < 1.29 is 9.13 Å². The van der Waals surface area contributed by atoms with E-state index in [0.29, 0.717) is 12.5 Å². The molecule has 1 aromatic heterocycles. The number of alkyl halides is 1. The molecule has 0 spiro atoms. The van der Waals surface area contributed by atoms with Gasteiger partial charge in [0.05, 0.1) is 19.7 Å². The third-order valence-corrected chi connectivity index (χ3v) is 3.61. The summed E-state index contributed by atoms with van der Waals surface area (Å²) in [7, 11) is 1.76. The molecule has 1 aliphatic rings. The zero-order valence-corrected chi connectivity index (χ0v) is 11.6. The topological polar surface area (TPSA) is 43.2 Å². The summed E-state index contributed by atoms with van der Waals surface area (Å²) in [6.45, 7) is 3.56. The van der Waals surface area contributed by atoms with Gasteiger partial charge in [0.2, 0.25) is 0 Å². The van der Waals surface area contributed by atoms with E-state index in [9.17, 15) is 4.39 Å². The molecule has 1 saturated heterocycles. The fraction of sp³-hybridized carbons (Fsp3) is 0.846. The average Bonchev–Trinajstić information content (AvgIpc) is 2.70. The predicted octanol–water partition coefficient (Wildman–Crippen LogP) is 1.50. The Kier molecular flexibility index (Phi) is 5.72. The highest BCUT2D eigenvalue weighted by atomic mass is 19.1. The third kappa shape index (κ3) is 4.24.